The topological polar surface area (TPSA) is 44.5 Å². The van der Waals surface area contributed by atoms with Crippen LogP contribution in [0, 0.1) is 0 Å². The van der Waals surface area contributed by atoms with E-state index in [0.717, 1.165) is 22.6 Å². The minimum absolute atomic E-state index is 0.282. The first-order valence-electron chi connectivity index (χ1n) is 4.11. The second kappa shape index (κ2) is 3.11. The Kier molecular flexibility index (Phi) is 1.94. The molecule has 0 fully saturated rings. The maximum absolute atomic E-state index is 5.58. The van der Waals surface area contributed by atoms with Gasteiger partial charge in [0.25, 0.3) is 0 Å². The van der Waals surface area contributed by atoms with E-state index in [2.05, 4.69) is 6.58 Å². The molecule has 13 heavy (non-hydrogen) atoms. The maximum Gasteiger partial charge on any atom is 0.231 e. The van der Waals surface area contributed by atoms with Crippen LogP contribution in [0.3, 0.4) is 0 Å². The third kappa shape index (κ3) is 1.17. The van der Waals surface area contributed by atoms with Crippen molar-refractivity contribution in [2.24, 2.45) is 5.73 Å². The van der Waals surface area contributed by atoms with Gasteiger partial charge in [0.2, 0.25) is 6.79 Å². The zero-order valence-electron chi connectivity index (χ0n) is 7.25. The summed E-state index contributed by atoms with van der Waals surface area (Å²) in [6, 6.07) is 3.81. The summed E-state index contributed by atoms with van der Waals surface area (Å²) >= 11 is 0. The molecule has 0 bridgehead atoms. The van der Waals surface area contributed by atoms with E-state index in [0.29, 0.717) is 6.54 Å². The third-order valence-electron chi connectivity index (χ3n) is 2.09. The molecule has 68 valence electrons. The molecule has 0 spiro atoms. The molecule has 2 rings (SSSR count). The molecule has 1 aliphatic heterocycles. The minimum atomic E-state index is 0.282. The molecule has 1 aromatic carbocycles. The summed E-state index contributed by atoms with van der Waals surface area (Å²) in [5, 5.41) is 0. The lowest BCUT2D eigenvalue weighted by molar-refractivity contribution is 0.173. The van der Waals surface area contributed by atoms with Crippen molar-refractivity contribution >= 4 is 6.08 Å². The van der Waals surface area contributed by atoms with Crippen molar-refractivity contribution in [3.63, 3.8) is 0 Å². The van der Waals surface area contributed by atoms with Crippen molar-refractivity contribution in [1.82, 2.24) is 0 Å². The Labute approximate surface area is 76.8 Å². The van der Waals surface area contributed by atoms with Crippen molar-refractivity contribution < 1.29 is 9.47 Å². The van der Waals surface area contributed by atoms with Crippen LogP contribution in [0.4, 0.5) is 0 Å². The fourth-order valence-electron chi connectivity index (χ4n) is 1.44. The molecular weight excluding hydrogens is 166 g/mol. The van der Waals surface area contributed by atoms with Gasteiger partial charge in [0.15, 0.2) is 11.5 Å². The monoisotopic (exact) mass is 177 g/mol. The molecule has 1 aromatic rings. The van der Waals surface area contributed by atoms with E-state index in [9.17, 15) is 0 Å². The fraction of sp³-hybridized carbons (Fsp3) is 0.200. The van der Waals surface area contributed by atoms with Crippen LogP contribution < -0.4 is 15.2 Å². The van der Waals surface area contributed by atoms with Crippen molar-refractivity contribution in [2.75, 3.05) is 6.79 Å². The van der Waals surface area contributed by atoms with Crippen molar-refractivity contribution in [3.05, 3.63) is 29.8 Å². The van der Waals surface area contributed by atoms with E-state index in [1.165, 1.54) is 0 Å². The molecule has 0 amide bonds. The van der Waals surface area contributed by atoms with E-state index < -0.39 is 0 Å². The predicted octanol–water partition coefficient (Wildman–Crippen LogP) is 1.52. The molecule has 0 saturated carbocycles. The van der Waals surface area contributed by atoms with Crippen LogP contribution in [0.2, 0.25) is 0 Å². The standard InChI is InChI=1S/C10H11NO2/c1-2-8-7(5-11)3-4-9-10(8)13-6-12-9/h2-4H,1,5-6,11H2. The van der Waals surface area contributed by atoms with E-state index in [1.807, 2.05) is 12.1 Å². The molecule has 3 heteroatoms. The third-order valence-corrected chi connectivity index (χ3v) is 2.09. The Bertz CT molecular complexity index is 347. The van der Waals surface area contributed by atoms with Gasteiger partial charge in [0, 0.05) is 12.1 Å². The summed E-state index contributed by atoms with van der Waals surface area (Å²) in [7, 11) is 0. The number of fused-ring (bicyclic) bond motifs is 1. The number of hydrogen-bond donors (Lipinski definition) is 1. The molecule has 1 heterocycles. The predicted molar refractivity (Wildman–Crippen MR) is 50.5 cm³/mol. The highest BCUT2D eigenvalue weighted by molar-refractivity contribution is 5.65. The number of rotatable bonds is 2. The van der Waals surface area contributed by atoms with Gasteiger partial charge in [-0.15, -0.1) is 0 Å². The normalized spacial score (nSPS) is 13.0. The summed E-state index contributed by atoms with van der Waals surface area (Å²) in [5.41, 5.74) is 7.55. The van der Waals surface area contributed by atoms with Crippen LogP contribution in [-0.4, -0.2) is 6.79 Å². The number of benzene rings is 1. The van der Waals surface area contributed by atoms with Crippen LogP contribution in [-0.2, 0) is 6.54 Å². The van der Waals surface area contributed by atoms with Gasteiger partial charge in [-0.3, -0.25) is 0 Å². The van der Waals surface area contributed by atoms with Gasteiger partial charge >= 0.3 is 0 Å². The number of hydrogen-bond acceptors (Lipinski definition) is 3. The molecule has 0 unspecified atom stereocenters. The molecule has 0 saturated heterocycles. The lowest BCUT2D eigenvalue weighted by Crippen LogP contribution is -1.99. The van der Waals surface area contributed by atoms with Crippen LogP contribution in [0.1, 0.15) is 11.1 Å². The number of nitrogens with two attached hydrogens (primary N) is 1. The second-order valence-corrected chi connectivity index (χ2v) is 2.78. The Morgan fingerprint density at radius 1 is 1.46 bits per heavy atom. The SMILES string of the molecule is C=Cc1c(CN)ccc2c1OCO2. The zero-order valence-corrected chi connectivity index (χ0v) is 7.25. The van der Waals surface area contributed by atoms with Gasteiger partial charge in [-0.05, 0) is 11.6 Å². The molecule has 0 aliphatic carbocycles. The quantitative estimate of drug-likeness (QED) is 0.744. The first-order valence-corrected chi connectivity index (χ1v) is 4.11. The van der Waals surface area contributed by atoms with Crippen LogP contribution in [0.15, 0.2) is 18.7 Å². The second-order valence-electron chi connectivity index (χ2n) is 2.78. The van der Waals surface area contributed by atoms with Crippen LogP contribution in [0.5, 0.6) is 11.5 Å². The summed E-state index contributed by atoms with van der Waals surface area (Å²) in [6.07, 6.45) is 1.75. The Morgan fingerprint density at radius 3 is 3.00 bits per heavy atom. The fourth-order valence-corrected chi connectivity index (χ4v) is 1.44. The van der Waals surface area contributed by atoms with Crippen molar-refractivity contribution in [1.29, 1.82) is 0 Å². The number of ether oxygens (including phenoxy) is 2. The van der Waals surface area contributed by atoms with E-state index in [-0.39, 0.29) is 6.79 Å². The average molecular weight is 177 g/mol. The van der Waals surface area contributed by atoms with E-state index in [4.69, 9.17) is 15.2 Å². The minimum Gasteiger partial charge on any atom is -0.454 e. The summed E-state index contributed by atoms with van der Waals surface area (Å²) in [5.74, 6) is 1.53. The average Bonchev–Trinajstić information content (AvgIpc) is 2.63. The van der Waals surface area contributed by atoms with Crippen LogP contribution >= 0.6 is 0 Å². The molecule has 2 N–H and O–H groups in total. The van der Waals surface area contributed by atoms with E-state index in [1.54, 1.807) is 6.08 Å². The Hall–Kier alpha value is -1.48. The molecular formula is C10H11NO2. The highest BCUT2D eigenvalue weighted by Gasteiger charge is 2.17. The Balaban J connectivity index is 2.59. The van der Waals surface area contributed by atoms with Crippen LogP contribution in [0.25, 0.3) is 6.08 Å². The molecule has 0 aromatic heterocycles. The zero-order chi connectivity index (χ0) is 9.26. The first kappa shape index (κ1) is 8.13. The summed E-state index contributed by atoms with van der Waals surface area (Å²) in [4.78, 5) is 0. The molecule has 0 atom stereocenters. The summed E-state index contributed by atoms with van der Waals surface area (Å²) in [6.45, 7) is 4.49. The van der Waals surface area contributed by atoms with Gasteiger partial charge in [-0.25, -0.2) is 0 Å². The molecule has 3 nitrogen and oxygen atoms in total. The molecule has 0 radical (unpaired) electrons. The van der Waals surface area contributed by atoms with Gasteiger partial charge in [-0.2, -0.15) is 0 Å². The lowest BCUT2D eigenvalue weighted by atomic mass is 10.1. The lowest BCUT2D eigenvalue weighted by Gasteiger charge is -2.06. The van der Waals surface area contributed by atoms with Gasteiger partial charge in [0.05, 0.1) is 0 Å². The highest BCUT2D eigenvalue weighted by atomic mass is 16.7. The maximum atomic E-state index is 5.58. The summed E-state index contributed by atoms with van der Waals surface area (Å²) < 4.78 is 10.5. The highest BCUT2D eigenvalue weighted by Crippen LogP contribution is 2.37. The van der Waals surface area contributed by atoms with Gasteiger partial charge in [-0.1, -0.05) is 18.7 Å². The first-order chi connectivity index (χ1) is 6.36. The smallest absolute Gasteiger partial charge is 0.231 e. The van der Waals surface area contributed by atoms with Crippen molar-refractivity contribution in [3.8, 4) is 11.5 Å². The van der Waals surface area contributed by atoms with Gasteiger partial charge < -0.3 is 15.2 Å². The largest absolute Gasteiger partial charge is 0.454 e. The Morgan fingerprint density at radius 2 is 2.31 bits per heavy atom. The van der Waals surface area contributed by atoms with E-state index >= 15 is 0 Å². The van der Waals surface area contributed by atoms with Gasteiger partial charge in [0.1, 0.15) is 0 Å². The van der Waals surface area contributed by atoms with Crippen molar-refractivity contribution in [2.45, 2.75) is 6.54 Å². The molecule has 1 aliphatic rings.